The fourth-order valence-corrected chi connectivity index (χ4v) is 2.44. The fourth-order valence-electron chi connectivity index (χ4n) is 2.09. The van der Waals surface area contributed by atoms with Crippen LogP contribution in [0.3, 0.4) is 0 Å². The summed E-state index contributed by atoms with van der Waals surface area (Å²) >= 11 is 3.46. The number of anilines is 1. The zero-order chi connectivity index (χ0) is 12.4. The Morgan fingerprint density at radius 2 is 2.35 bits per heavy atom. The molecule has 0 spiro atoms. The van der Waals surface area contributed by atoms with Crippen molar-refractivity contribution in [3.8, 4) is 0 Å². The first-order valence-corrected chi connectivity index (χ1v) is 6.45. The molecule has 1 fully saturated rings. The molecule has 92 valence electrons. The van der Waals surface area contributed by atoms with Gasteiger partial charge in [-0.3, -0.25) is 4.79 Å². The van der Waals surface area contributed by atoms with Crippen molar-refractivity contribution in [2.24, 2.45) is 5.73 Å². The Hall–Kier alpha value is -1.07. The molecule has 0 aliphatic carbocycles. The van der Waals surface area contributed by atoms with Crippen molar-refractivity contribution in [1.29, 1.82) is 0 Å². The van der Waals surface area contributed by atoms with Crippen molar-refractivity contribution in [3.63, 3.8) is 0 Å². The average molecular weight is 298 g/mol. The Morgan fingerprint density at radius 1 is 1.59 bits per heavy atom. The molecule has 3 N–H and O–H groups in total. The maximum atomic E-state index is 11.7. The van der Waals surface area contributed by atoms with Gasteiger partial charge in [0.1, 0.15) is 6.04 Å². The SMILES string of the molecule is CC1C(=O)NCCN1c1cc(Br)ccc1CN. The molecule has 17 heavy (non-hydrogen) atoms. The van der Waals surface area contributed by atoms with E-state index in [0.29, 0.717) is 13.1 Å². The number of nitrogens with zero attached hydrogens (tertiary/aromatic N) is 1. The van der Waals surface area contributed by atoms with E-state index < -0.39 is 0 Å². The molecule has 0 bridgehead atoms. The van der Waals surface area contributed by atoms with Crippen LogP contribution in [0.2, 0.25) is 0 Å². The van der Waals surface area contributed by atoms with Crippen molar-refractivity contribution in [1.82, 2.24) is 5.32 Å². The summed E-state index contributed by atoms with van der Waals surface area (Å²) in [5, 5.41) is 2.86. The van der Waals surface area contributed by atoms with E-state index in [-0.39, 0.29) is 11.9 Å². The molecule has 1 atom stereocenters. The van der Waals surface area contributed by atoms with Gasteiger partial charge in [-0.15, -0.1) is 0 Å². The van der Waals surface area contributed by atoms with Crippen LogP contribution >= 0.6 is 15.9 Å². The van der Waals surface area contributed by atoms with Crippen LogP contribution in [0.4, 0.5) is 5.69 Å². The molecule has 1 amide bonds. The number of nitrogens with one attached hydrogen (secondary N) is 1. The zero-order valence-electron chi connectivity index (χ0n) is 9.74. The molecule has 1 unspecified atom stereocenters. The Bertz CT molecular complexity index is 436. The van der Waals surface area contributed by atoms with Crippen LogP contribution in [0.1, 0.15) is 12.5 Å². The molecular formula is C12H16BrN3O. The third-order valence-electron chi connectivity index (χ3n) is 3.08. The Kier molecular flexibility index (Phi) is 3.69. The Morgan fingerprint density at radius 3 is 3.06 bits per heavy atom. The monoisotopic (exact) mass is 297 g/mol. The quantitative estimate of drug-likeness (QED) is 0.863. The highest BCUT2D eigenvalue weighted by atomic mass is 79.9. The minimum Gasteiger partial charge on any atom is -0.358 e. The number of carbonyl (C=O) groups is 1. The van der Waals surface area contributed by atoms with E-state index in [4.69, 9.17) is 5.73 Å². The second-order valence-electron chi connectivity index (χ2n) is 4.14. The predicted molar refractivity (Wildman–Crippen MR) is 71.9 cm³/mol. The van der Waals surface area contributed by atoms with Gasteiger partial charge in [-0.25, -0.2) is 0 Å². The van der Waals surface area contributed by atoms with E-state index in [1.807, 2.05) is 25.1 Å². The maximum Gasteiger partial charge on any atom is 0.242 e. The van der Waals surface area contributed by atoms with Crippen LogP contribution in [0.5, 0.6) is 0 Å². The summed E-state index contributed by atoms with van der Waals surface area (Å²) in [6, 6.07) is 5.85. The van der Waals surface area contributed by atoms with Crippen molar-refractivity contribution in [3.05, 3.63) is 28.2 Å². The molecule has 1 heterocycles. The third-order valence-corrected chi connectivity index (χ3v) is 3.57. The number of hydrogen-bond donors (Lipinski definition) is 2. The Balaban J connectivity index is 2.37. The first kappa shape index (κ1) is 12.4. The summed E-state index contributed by atoms with van der Waals surface area (Å²) < 4.78 is 1.00. The van der Waals surface area contributed by atoms with Gasteiger partial charge in [0, 0.05) is 29.8 Å². The number of benzene rings is 1. The highest BCUT2D eigenvalue weighted by molar-refractivity contribution is 9.10. The number of hydrogen-bond acceptors (Lipinski definition) is 3. The van der Waals surface area contributed by atoms with E-state index in [9.17, 15) is 4.79 Å². The van der Waals surface area contributed by atoms with Crippen LogP contribution in [0.25, 0.3) is 0 Å². The average Bonchev–Trinajstić information content (AvgIpc) is 2.33. The smallest absolute Gasteiger partial charge is 0.242 e. The van der Waals surface area contributed by atoms with Gasteiger partial charge in [0.2, 0.25) is 5.91 Å². The van der Waals surface area contributed by atoms with Gasteiger partial charge in [-0.1, -0.05) is 22.0 Å². The first-order valence-electron chi connectivity index (χ1n) is 5.66. The minimum absolute atomic E-state index is 0.0687. The summed E-state index contributed by atoms with van der Waals surface area (Å²) in [7, 11) is 0. The van der Waals surface area contributed by atoms with Gasteiger partial charge in [-0.05, 0) is 24.6 Å². The van der Waals surface area contributed by atoms with Crippen LogP contribution in [-0.2, 0) is 11.3 Å². The van der Waals surface area contributed by atoms with E-state index >= 15 is 0 Å². The molecule has 0 radical (unpaired) electrons. The fraction of sp³-hybridized carbons (Fsp3) is 0.417. The molecular weight excluding hydrogens is 282 g/mol. The molecule has 1 aromatic rings. The molecule has 1 aliphatic heterocycles. The summed E-state index contributed by atoms with van der Waals surface area (Å²) in [6.45, 7) is 3.89. The van der Waals surface area contributed by atoms with E-state index in [0.717, 1.165) is 22.3 Å². The lowest BCUT2D eigenvalue weighted by Crippen LogP contribution is -2.54. The van der Waals surface area contributed by atoms with Gasteiger partial charge in [0.05, 0.1) is 0 Å². The van der Waals surface area contributed by atoms with Crippen molar-refractivity contribution < 1.29 is 4.79 Å². The van der Waals surface area contributed by atoms with Crippen LogP contribution in [0, 0.1) is 0 Å². The van der Waals surface area contributed by atoms with Gasteiger partial charge < -0.3 is 16.0 Å². The first-order chi connectivity index (χ1) is 8.13. The van der Waals surface area contributed by atoms with Crippen LogP contribution in [-0.4, -0.2) is 25.0 Å². The van der Waals surface area contributed by atoms with Crippen molar-refractivity contribution in [2.45, 2.75) is 19.5 Å². The minimum atomic E-state index is -0.150. The summed E-state index contributed by atoms with van der Waals surface area (Å²) in [5.41, 5.74) is 7.86. The molecule has 2 rings (SSSR count). The number of amides is 1. The molecule has 0 saturated carbocycles. The van der Waals surface area contributed by atoms with E-state index in [1.54, 1.807) is 0 Å². The highest BCUT2D eigenvalue weighted by Crippen LogP contribution is 2.27. The largest absolute Gasteiger partial charge is 0.358 e. The molecule has 5 heteroatoms. The summed E-state index contributed by atoms with van der Waals surface area (Å²) in [5.74, 6) is 0.0687. The third kappa shape index (κ3) is 2.45. The van der Waals surface area contributed by atoms with Gasteiger partial charge in [0.25, 0.3) is 0 Å². The van der Waals surface area contributed by atoms with Gasteiger partial charge in [0.15, 0.2) is 0 Å². The molecule has 1 aromatic carbocycles. The Labute approximate surface area is 109 Å². The molecule has 1 saturated heterocycles. The lowest BCUT2D eigenvalue weighted by atomic mass is 10.1. The van der Waals surface area contributed by atoms with Gasteiger partial charge in [-0.2, -0.15) is 0 Å². The highest BCUT2D eigenvalue weighted by Gasteiger charge is 2.26. The number of nitrogens with two attached hydrogens (primary N) is 1. The van der Waals surface area contributed by atoms with Gasteiger partial charge >= 0.3 is 0 Å². The van der Waals surface area contributed by atoms with E-state index in [1.165, 1.54) is 0 Å². The number of carbonyl (C=O) groups excluding carboxylic acids is 1. The lowest BCUT2D eigenvalue weighted by molar-refractivity contribution is -0.122. The lowest BCUT2D eigenvalue weighted by Gasteiger charge is -2.36. The molecule has 1 aliphatic rings. The standard InChI is InChI=1S/C12H16BrN3O/c1-8-12(17)15-4-5-16(8)11-6-10(13)3-2-9(11)7-14/h2-3,6,8H,4-5,7,14H2,1H3,(H,15,17). The normalized spacial score (nSPS) is 20.3. The zero-order valence-corrected chi connectivity index (χ0v) is 11.3. The molecule has 0 aromatic heterocycles. The second kappa shape index (κ2) is 5.06. The van der Waals surface area contributed by atoms with Crippen molar-refractivity contribution >= 4 is 27.5 Å². The number of rotatable bonds is 2. The maximum absolute atomic E-state index is 11.7. The predicted octanol–water partition coefficient (Wildman–Crippen LogP) is 1.23. The van der Waals surface area contributed by atoms with Crippen LogP contribution in [0.15, 0.2) is 22.7 Å². The van der Waals surface area contributed by atoms with E-state index in [2.05, 4.69) is 26.1 Å². The number of halogens is 1. The summed E-state index contributed by atoms with van der Waals surface area (Å²) in [6.07, 6.45) is 0. The second-order valence-corrected chi connectivity index (χ2v) is 5.05. The summed E-state index contributed by atoms with van der Waals surface area (Å²) in [4.78, 5) is 13.8. The number of piperazine rings is 1. The van der Waals surface area contributed by atoms with Crippen LogP contribution < -0.4 is 16.0 Å². The topological polar surface area (TPSA) is 58.4 Å². The molecule has 4 nitrogen and oxygen atoms in total. The van der Waals surface area contributed by atoms with Crippen molar-refractivity contribution in [2.75, 3.05) is 18.0 Å².